The molecule has 2 fully saturated rings. The van der Waals surface area contributed by atoms with Crippen molar-refractivity contribution in [2.75, 3.05) is 18.2 Å². The minimum absolute atomic E-state index is 0.000862. The zero-order chi connectivity index (χ0) is 42.3. The Labute approximate surface area is 343 Å². The Bertz CT molecular complexity index is 2380. The first-order chi connectivity index (χ1) is 28.7. The van der Waals surface area contributed by atoms with Crippen LogP contribution in [0.4, 0.5) is 5.69 Å². The summed E-state index contributed by atoms with van der Waals surface area (Å²) in [5, 5.41) is 86.4. The molecule has 3 aliphatic carbocycles. The predicted molar refractivity (Wildman–Crippen MR) is 216 cm³/mol. The molecule has 0 radical (unpaired) electrons. The van der Waals surface area contributed by atoms with Gasteiger partial charge in [0.1, 0.15) is 30.7 Å². The van der Waals surface area contributed by atoms with Crippen LogP contribution >= 0.6 is 0 Å². The fraction of sp³-hybridized carbons (Fsp3) is 0.409. The molecule has 0 aromatic heterocycles. The number of aliphatic imine (C=N–C) groups is 2. The van der Waals surface area contributed by atoms with Crippen molar-refractivity contribution in [1.29, 1.82) is 0 Å². The highest BCUT2D eigenvalue weighted by atomic mass is 16.8. The van der Waals surface area contributed by atoms with Gasteiger partial charge in [-0.3, -0.25) is 19.7 Å². The highest BCUT2D eigenvalue weighted by Gasteiger charge is 2.69. The van der Waals surface area contributed by atoms with Gasteiger partial charge < -0.3 is 56.1 Å². The lowest BCUT2D eigenvalue weighted by Crippen LogP contribution is -2.67. The van der Waals surface area contributed by atoms with Gasteiger partial charge in [0.2, 0.25) is 0 Å². The number of carboxylic acid groups (broad SMARTS) is 1. The quantitative estimate of drug-likeness (QED) is 0.0841. The molecule has 6 aliphatic rings. The predicted octanol–water partition coefficient (Wildman–Crippen LogP) is 1.40. The van der Waals surface area contributed by atoms with Crippen LogP contribution in [0.5, 0.6) is 17.2 Å². The monoisotopic (exact) mass is 822 g/mol. The minimum Gasteiger partial charge on any atom is -0.508 e. The summed E-state index contributed by atoms with van der Waals surface area (Å²) in [6, 6.07) is 14.8. The van der Waals surface area contributed by atoms with Crippen LogP contribution in [0, 0.1) is 11.8 Å². The number of carbonyl (C=O) groups excluding carboxylic acids is 1. The maximum absolute atomic E-state index is 14.8. The number of nitrogens with two attached hydrogens (primary N) is 1. The second-order valence-corrected chi connectivity index (χ2v) is 16.6. The number of rotatable bonds is 9. The largest absolute Gasteiger partial charge is 0.508 e. The van der Waals surface area contributed by atoms with E-state index in [4.69, 9.17) is 15.2 Å². The third kappa shape index (κ3) is 5.84. The average Bonchev–Trinajstić information content (AvgIpc) is 4.03. The van der Waals surface area contributed by atoms with Gasteiger partial charge in [0, 0.05) is 47.7 Å². The molecule has 314 valence electrons. The number of aliphatic hydroxyl groups excluding tert-OH is 4. The highest BCUT2D eigenvalue weighted by Crippen LogP contribution is 2.67. The molecule has 0 bridgehead atoms. The van der Waals surface area contributed by atoms with E-state index >= 15 is 0 Å². The summed E-state index contributed by atoms with van der Waals surface area (Å²) < 4.78 is 11.0. The van der Waals surface area contributed by atoms with Crippen molar-refractivity contribution in [1.82, 2.24) is 0 Å². The van der Waals surface area contributed by atoms with Gasteiger partial charge in [-0.25, -0.2) is 4.79 Å². The number of phenolic OH excluding ortho intramolecular Hbond substituents is 2. The lowest BCUT2D eigenvalue weighted by Gasteiger charge is -2.50. The number of aryl methyl sites for hydroxylation is 1. The summed E-state index contributed by atoms with van der Waals surface area (Å²) >= 11 is 0. The van der Waals surface area contributed by atoms with Crippen LogP contribution in [0.25, 0.3) is 6.08 Å². The number of aliphatic carboxylic acids is 1. The average molecular weight is 823 g/mol. The van der Waals surface area contributed by atoms with E-state index in [0.29, 0.717) is 36.3 Å². The number of benzene rings is 3. The standard InChI is InChI=1S/C44H46N4O12/c45-35-11-9-25-8-7-23-3-1-2-4-28(23)43(25,35)29-13-14-42(41(56)57)37(29)27-17-32(51)33(59-44(58)40(55)39(54)38(53)34(20-49)60-44)18-30(27)48(42)36(52)12-6-22-5-10-31(50)24(15-22)16-26-19-46-21-47-26/h1-6,10,12-15,17-19,25,29,34-35,37-40,49-51,53-55,58H,7-9,11,16,20-21,45H2,(H,56,57)/t25-,29+,34-,35-,37+,38-,39+,40-,42+,43-,44-/m1/s1. The first-order valence-corrected chi connectivity index (χ1v) is 20.0. The summed E-state index contributed by atoms with van der Waals surface area (Å²) in [5.74, 6) is -7.94. The SMILES string of the molecule is N[C@@H]1CC[C@H]2CCc3ccccc3[C@@]21[C@H]1C=C[C@@]2(C(=O)O)[C@H]1c1cc(O)c(O[C@@]3(O)O[C@H](CO)[C@@H](O)[C@H](O)[C@H]3O)cc1N2C(=O)C=Cc1ccc(O)c(CC2=NCN=C2)c1. The summed E-state index contributed by atoms with van der Waals surface area (Å²) in [5.41, 5.74) is 8.49. The molecule has 1 saturated heterocycles. The third-order valence-corrected chi connectivity index (χ3v) is 13.6. The van der Waals surface area contributed by atoms with Crippen molar-refractivity contribution in [3.63, 3.8) is 0 Å². The van der Waals surface area contributed by atoms with E-state index < -0.39 is 83.2 Å². The van der Waals surface area contributed by atoms with Crippen LogP contribution in [0.15, 0.2) is 82.8 Å². The lowest BCUT2D eigenvalue weighted by molar-refractivity contribution is -0.422. The molecule has 1 saturated carbocycles. The Hall–Kier alpha value is -5.46. The number of ether oxygens (including phenoxy) is 2. The fourth-order valence-electron chi connectivity index (χ4n) is 10.9. The van der Waals surface area contributed by atoms with Crippen molar-refractivity contribution in [2.24, 2.45) is 27.6 Å². The molecule has 60 heavy (non-hydrogen) atoms. The number of allylic oxidation sites excluding steroid dienone is 1. The van der Waals surface area contributed by atoms with E-state index in [2.05, 4.69) is 22.1 Å². The number of aromatic hydroxyl groups is 2. The molecule has 3 aromatic carbocycles. The van der Waals surface area contributed by atoms with Crippen molar-refractivity contribution in [2.45, 2.75) is 85.4 Å². The number of nitrogens with zero attached hydrogens (tertiary/aromatic N) is 3. The molecule has 0 unspecified atom stereocenters. The Kier molecular flexibility index (Phi) is 9.74. The number of fused-ring (bicyclic) bond motifs is 6. The van der Waals surface area contributed by atoms with Gasteiger partial charge in [0.15, 0.2) is 23.1 Å². The van der Waals surface area contributed by atoms with Gasteiger partial charge in [-0.05, 0) is 84.0 Å². The van der Waals surface area contributed by atoms with Gasteiger partial charge in [-0.2, -0.15) is 0 Å². The van der Waals surface area contributed by atoms with Gasteiger partial charge in [-0.1, -0.05) is 42.5 Å². The fourth-order valence-corrected chi connectivity index (χ4v) is 10.9. The Morgan fingerprint density at radius 2 is 1.82 bits per heavy atom. The van der Waals surface area contributed by atoms with Crippen LogP contribution in [0.1, 0.15) is 53.0 Å². The molecule has 16 heteroatoms. The Morgan fingerprint density at radius 3 is 2.57 bits per heavy atom. The summed E-state index contributed by atoms with van der Waals surface area (Å²) in [6.45, 7) is -0.591. The van der Waals surface area contributed by atoms with Gasteiger partial charge >= 0.3 is 11.9 Å². The van der Waals surface area contributed by atoms with Crippen LogP contribution in [0.2, 0.25) is 0 Å². The number of aliphatic hydroxyl groups is 5. The number of anilines is 1. The number of carboxylic acids is 1. The van der Waals surface area contributed by atoms with E-state index in [1.165, 1.54) is 30.4 Å². The van der Waals surface area contributed by atoms with Crippen LogP contribution < -0.4 is 15.4 Å². The first-order valence-electron chi connectivity index (χ1n) is 20.0. The number of amides is 1. The Morgan fingerprint density at radius 1 is 1.02 bits per heavy atom. The molecule has 16 nitrogen and oxygen atoms in total. The van der Waals surface area contributed by atoms with Crippen molar-refractivity contribution in [3.8, 4) is 17.2 Å². The normalized spacial score (nSPS) is 35.0. The second-order valence-electron chi connectivity index (χ2n) is 16.6. The lowest BCUT2D eigenvalue weighted by atomic mass is 9.54. The third-order valence-electron chi connectivity index (χ3n) is 13.6. The number of carbonyl (C=O) groups is 2. The van der Waals surface area contributed by atoms with Crippen LogP contribution in [-0.2, 0) is 32.6 Å². The summed E-state index contributed by atoms with van der Waals surface area (Å²) in [4.78, 5) is 38.4. The topological polar surface area (TPSA) is 268 Å². The summed E-state index contributed by atoms with van der Waals surface area (Å²) in [6.07, 6.45) is 3.35. The first kappa shape index (κ1) is 40.0. The smallest absolute Gasteiger partial charge is 0.355 e. The van der Waals surface area contributed by atoms with Crippen molar-refractivity contribution in [3.05, 3.63) is 101 Å². The molecular weight excluding hydrogens is 776 g/mol. The maximum Gasteiger partial charge on any atom is 0.355 e. The van der Waals surface area contributed by atoms with Gasteiger partial charge in [0.05, 0.1) is 18.0 Å². The van der Waals surface area contributed by atoms with Gasteiger partial charge in [-0.15, -0.1) is 0 Å². The molecule has 0 spiro atoms. The van der Waals surface area contributed by atoms with Crippen molar-refractivity contribution >= 4 is 35.6 Å². The highest BCUT2D eigenvalue weighted by molar-refractivity contribution is 6.32. The van der Waals surface area contributed by atoms with E-state index in [9.17, 15) is 50.4 Å². The zero-order valence-electron chi connectivity index (χ0n) is 32.3. The summed E-state index contributed by atoms with van der Waals surface area (Å²) in [7, 11) is 0. The Balaban J connectivity index is 1.18. The molecule has 3 aliphatic heterocycles. The molecular formula is C44H46N4O12. The molecule has 3 heterocycles. The molecule has 3 aromatic rings. The molecule has 1 amide bonds. The molecule has 11 atom stereocenters. The maximum atomic E-state index is 14.8. The van der Waals surface area contributed by atoms with E-state index in [1.807, 2.05) is 18.2 Å². The zero-order valence-corrected chi connectivity index (χ0v) is 32.3. The molecule has 10 N–H and O–H groups in total. The number of phenols is 2. The number of hydrogen-bond donors (Lipinski definition) is 9. The molecule has 9 rings (SSSR count). The van der Waals surface area contributed by atoms with Gasteiger partial charge in [0.25, 0.3) is 5.91 Å². The van der Waals surface area contributed by atoms with E-state index in [1.54, 1.807) is 18.3 Å². The van der Waals surface area contributed by atoms with Crippen molar-refractivity contribution < 1.29 is 59.9 Å². The van der Waals surface area contributed by atoms with Crippen LogP contribution in [-0.4, -0.2) is 120 Å². The van der Waals surface area contributed by atoms with Crippen LogP contribution in [0.3, 0.4) is 0 Å². The number of hydrogen-bond acceptors (Lipinski definition) is 14. The minimum atomic E-state index is -3.13. The second kappa shape index (κ2) is 14.6. The van der Waals surface area contributed by atoms with E-state index in [-0.39, 0.29) is 29.0 Å². The van der Waals surface area contributed by atoms with E-state index in [0.717, 1.165) is 41.4 Å².